The van der Waals surface area contributed by atoms with Crippen LogP contribution in [0, 0.1) is 13.8 Å². The van der Waals surface area contributed by atoms with Gasteiger partial charge in [-0.05, 0) is 56.3 Å². The minimum absolute atomic E-state index is 0.0331. The number of nitrogens with two attached hydrogens (primary N) is 1. The fourth-order valence-corrected chi connectivity index (χ4v) is 2.95. The first-order valence-electron chi connectivity index (χ1n) is 8.15. The maximum absolute atomic E-state index is 12.3. The molecule has 0 atom stereocenters. The third-order valence-electron chi connectivity index (χ3n) is 4.15. The molecule has 0 saturated carbocycles. The van der Waals surface area contributed by atoms with Crippen LogP contribution >= 0.6 is 0 Å². The topological polar surface area (TPSA) is 86.8 Å². The van der Waals surface area contributed by atoms with Gasteiger partial charge in [0.15, 0.2) is 5.69 Å². The van der Waals surface area contributed by atoms with Gasteiger partial charge >= 0.3 is 5.97 Å². The lowest BCUT2D eigenvalue weighted by atomic mass is 9.91. The highest BCUT2D eigenvalue weighted by atomic mass is 16.5. The summed E-state index contributed by atoms with van der Waals surface area (Å²) in [6.45, 7) is 13.2. The number of aromatic nitrogens is 1. The van der Waals surface area contributed by atoms with Gasteiger partial charge in [0.25, 0.3) is 0 Å². The quantitative estimate of drug-likeness (QED) is 0.624. The standard InChI is InChI=1S/C20H23N3O3/c1-7-13-18(22-5)16(17(21)19(23-13)20(24)26-8-2)15-11(3)9-10-14(25-6)12(15)4/h7,9-10H,1,5,8,21H2,2-4,6H3. The lowest BCUT2D eigenvalue weighted by molar-refractivity contribution is 0.0521. The van der Waals surface area contributed by atoms with Crippen LogP contribution in [-0.4, -0.2) is 31.4 Å². The molecular formula is C20H23N3O3. The molecule has 1 aromatic heterocycles. The molecule has 0 amide bonds. The first-order valence-corrected chi connectivity index (χ1v) is 8.15. The molecule has 0 spiro atoms. The second-order valence-electron chi connectivity index (χ2n) is 5.65. The van der Waals surface area contributed by atoms with Crippen molar-refractivity contribution in [3.05, 3.63) is 41.2 Å². The number of carbonyl (C=O) groups excluding carboxylic acids is 1. The van der Waals surface area contributed by atoms with E-state index in [1.807, 2.05) is 26.0 Å². The summed E-state index contributed by atoms with van der Waals surface area (Å²) in [5.41, 5.74) is 10.7. The molecular weight excluding hydrogens is 330 g/mol. The zero-order valence-electron chi connectivity index (χ0n) is 15.5. The number of pyridine rings is 1. The SMILES string of the molecule is C=Cc1nc(C(=O)OCC)c(N)c(-c2c(C)ccc(OC)c2C)c1N=C. The van der Waals surface area contributed by atoms with Crippen molar-refractivity contribution in [1.82, 2.24) is 4.98 Å². The maximum atomic E-state index is 12.3. The fourth-order valence-electron chi connectivity index (χ4n) is 2.95. The molecule has 0 bridgehead atoms. The Kier molecular flexibility index (Phi) is 5.77. The van der Waals surface area contributed by atoms with Gasteiger partial charge in [-0.3, -0.25) is 4.99 Å². The summed E-state index contributed by atoms with van der Waals surface area (Å²) >= 11 is 0. The Morgan fingerprint density at radius 2 is 2.04 bits per heavy atom. The van der Waals surface area contributed by atoms with Crippen molar-refractivity contribution < 1.29 is 14.3 Å². The third-order valence-corrected chi connectivity index (χ3v) is 4.15. The van der Waals surface area contributed by atoms with Gasteiger partial charge in [-0.25, -0.2) is 9.78 Å². The molecule has 2 aromatic rings. The van der Waals surface area contributed by atoms with E-state index in [0.29, 0.717) is 22.7 Å². The predicted molar refractivity (Wildman–Crippen MR) is 105 cm³/mol. The number of carbonyl (C=O) groups is 1. The summed E-state index contributed by atoms with van der Waals surface area (Å²) in [5, 5.41) is 0. The molecule has 6 heteroatoms. The lowest BCUT2D eigenvalue weighted by Gasteiger charge is -2.19. The number of hydrogen-bond acceptors (Lipinski definition) is 6. The average molecular weight is 353 g/mol. The van der Waals surface area contributed by atoms with E-state index in [9.17, 15) is 4.79 Å². The maximum Gasteiger partial charge on any atom is 0.359 e. The molecule has 0 radical (unpaired) electrons. The van der Waals surface area contributed by atoms with E-state index in [-0.39, 0.29) is 18.0 Å². The Morgan fingerprint density at radius 1 is 1.35 bits per heavy atom. The van der Waals surface area contributed by atoms with Crippen molar-refractivity contribution in [2.24, 2.45) is 4.99 Å². The molecule has 1 heterocycles. The number of benzene rings is 1. The summed E-state index contributed by atoms with van der Waals surface area (Å²) in [6.07, 6.45) is 1.51. The molecule has 1 aromatic carbocycles. The molecule has 2 N–H and O–H groups in total. The van der Waals surface area contributed by atoms with E-state index < -0.39 is 5.97 Å². The number of ether oxygens (including phenoxy) is 2. The number of methoxy groups -OCH3 is 1. The van der Waals surface area contributed by atoms with Gasteiger partial charge in [0.2, 0.25) is 0 Å². The van der Waals surface area contributed by atoms with E-state index in [2.05, 4.69) is 23.3 Å². The number of hydrogen-bond donors (Lipinski definition) is 1. The molecule has 26 heavy (non-hydrogen) atoms. The van der Waals surface area contributed by atoms with Gasteiger partial charge in [0.1, 0.15) is 5.75 Å². The summed E-state index contributed by atoms with van der Waals surface area (Å²) in [6, 6.07) is 3.80. The van der Waals surface area contributed by atoms with Gasteiger partial charge in [-0.15, -0.1) is 0 Å². The molecule has 0 unspecified atom stereocenters. The van der Waals surface area contributed by atoms with Crippen molar-refractivity contribution in [3.63, 3.8) is 0 Å². The number of rotatable bonds is 6. The van der Waals surface area contributed by atoms with Crippen LogP contribution in [0.3, 0.4) is 0 Å². The highest BCUT2D eigenvalue weighted by Gasteiger charge is 2.25. The van der Waals surface area contributed by atoms with Crippen LogP contribution in [0.4, 0.5) is 11.4 Å². The van der Waals surface area contributed by atoms with Crippen molar-refractivity contribution >= 4 is 30.1 Å². The molecule has 0 saturated heterocycles. The summed E-state index contributed by atoms with van der Waals surface area (Å²) in [4.78, 5) is 20.7. The van der Waals surface area contributed by atoms with E-state index in [1.54, 1.807) is 14.0 Å². The number of aryl methyl sites for hydroxylation is 1. The van der Waals surface area contributed by atoms with Gasteiger partial charge in [-0.2, -0.15) is 0 Å². The Bertz CT molecular complexity index is 889. The third kappa shape index (κ3) is 3.18. The number of aliphatic imine (C=N–C) groups is 1. The van der Waals surface area contributed by atoms with Gasteiger partial charge in [-0.1, -0.05) is 12.6 Å². The van der Waals surface area contributed by atoms with Crippen molar-refractivity contribution in [2.75, 3.05) is 19.5 Å². The monoisotopic (exact) mass is 353 g/mol. The second kappa shape index (κ2) is 7.82. The zero-order valence-corrected chi connectivity index (χ0v) is 15.5. The minimum atomic E-state index is -0.594. The van der Waals surface area contributed by atoms with Crippen molar-refractivity contribution in [3.8, 4) is 16.9 Å². The van der Waals surface area contributed by atoms with Crippen molar-refractivity contribution in [1.29, 1.82) is 0 Å². The Hall–Kier alpha value is -3.15. The highest BCUT2D eigenvalue weighted by molar-refractivity contribution is 6.03. The van der Waals surface area contributed by atoms with Crippen LogP contribution in [-0.2, 0) is 4.74 Å². The van der Waals surface area contributed by atoms with Crippen LogP contribution in [0.15, 0.2) is 23.7 Å². The second-order valence-corrected chi connectivity index (χ2v) is 5.65. The highest BCUT2D eigenvalue weighted by Crippen LogP contribution is 2.44. The van der Waals surface area contributed by atoms with Crippen LogP contribution < -0.4 is 10.5 Å². The average Bonchev–Trinajstić information content (AvgIpc) is 2.62. The van der Waals surface area contributed by atoms with E-state index in [0.717, 1.165) is 16.7 Å². The van der Waals surface area contributed by atoms with Gasteiger partial charge in [0, 0.05) is 5.56 Å². The molecule has 136 valence electrons. The molecule has 0 aliphatic heterocycles. The number of nitrogen functional groups attached to an aromatic ring is 1. The van der Waals surface area contributed by atoms with Crippen LogP contribution in [0.1, 0.15) is 34.2 Å². The van der Waals surface area contributed by atoms with Gasteiger partial charge in [0.05, 0.1) is 30.8 Å². The molecule has 2 rings (SSSR count). The summed E-state index contributed by atoms with van der Waals surface area (Å²) in [5.74, 6) is 0.109. The molecule has 0 fully saturated rings. The molecule has 0 aliphatic rings. The first-order chi connectivity index (χ1) is 12.4. The van der Waals surface area contributed by atoms with Crippen LogP contribution in [0.5, 0.6) is 5.75 Å². The number of anilines is 1. The predicted octanol–water partition coefficient (Wildman–Crippen LogP) is 4.11. The molecule has 6 nitrogen and oxygen atoms in total. The largest absolute Gasteiger partial charge is 0.496 e. The Labute approximate surface area is 153 Å². The number of nitrogens with zero attached hydrogens (tertiary/aromatic N) is 2. The van der Waals surface area contributed by atoms with Crippen LogP contribution in [0.25, 0.3) is 17.2 Å². The van der Waals surface area contributed by atoms with E-state index >= 15 is 0 Å². The number of esters is 1. The summed E-state index contributed by atoms with van der Waals surface area (Å²) < 4.78 is 10.5. The van der Waals surface area contributed by atoms with Gasteiger partial charge < -0.3 is 15.2 Å². The molecule has 0 aliphatic carbocycles. The summed E-state index contributed by atoms with van der Waals surface area (Å²) in [7, 11) is 1.60. The lowest BCUT2D eigenvalue weighted by Crippen LogP contribution is -2.13. The minimum Gasteiger partial charge on any atom is -0.496 e. The zero-order chi connectivity index (χ0) is 19.4. The Morgan fingerprint density at radius 3 is 2.58 bits per heavy atom. The normalized spacial score (nSPS) is 10.3. The fraction of sp³-hybridized carbons (Fsp3) is 0.250. The smallest absolute Gasteiger partial charge is 0.359 e. The Balaban J connectivity index is 2.96. The van der Waals surface area contributed by atoms with E-state index in [1.165, 1.54) is 6.08 Å². The van der Waals surface area contributed by atoms with E-state index in [4.69, 9.17) is 15.2 Å². The van der Waals surface area contributed by atoms with Crippen LogP contribution in [0.2, 0.25) is 0 Å². The first kappa shape index (κ1) is 19.2. The van der Waals surface area contributed by atoms with Crippen molar-refractivity contribution in [2.45, 2.75) is 20.8 Å².